The summed E-state index contributed by atoms with van der Waals surface area (Å²) < 4.78 is 0. The SMILES string of the molecule is CCNC(=NCCCC(C)(C)C)N1CC[C@@H](O)C1. The highest BCUT2D eigenvalue weighted by molar-refractivity contribution is 5.80. The van der Waals surface area contributed by atoms with Crippen LogP contribution in [0.1, 0.15) is 47.0 Å². The molecule has 4 nitrogen and oxygen atoms in total. The van der Waals surface area contributed by atoms with E-state index >= 15 is 0 Å². The minimum atomic E-state index is -0.191. The Hall–Kier alpha value is -0.770. The van der Waals surface area contributed by atoms with Crippen LogP contribution in [0.3, 0.4) is 0 Å². The van der Waals surface area contributed by atoms with Crippen LogP contribution < -0.4 is 5.32 Å². The van der Waals surface area contributed by atoms with Crippen molar-refractivity contribution in [2.24, 2.45) is 10.4 Å². The Bertz CT molecular complexity index is 271. The second-order valence-corrected chi connectivity index (χ2v) is 6.29. The molecule has 1 heterocycles. The molecule has 1 fully saturated rings. The largest absolute Gasteiger partial charge is 0.391 e. The van der Waals surface area contributed by atoms with E-state index in [1.165, 1.54) is 6.42 Å². The first-order chi connectivity index (χ1) is 8.42. The van der Waals surface area contributed by atoms with Gasteiger partial charge in [-0.3, -0.25) is 4.99 Å². The van der Waals surface area contributed by atoms with Gasteiger partial charge in [-0.05, 0) is 31.6 Å². The van der Waals surface area contributed by atoms with E-state index < -0.39 is 0 Å². The van der Waals surface area contributed by atoms with Gasteiger partial charge < -0.3 is 15.3 Å². The fourth-order valence-electron chi connectivity index (χ4n) is 2.15. The van der Waals surface area contributed by atoms with Crippen LogP contribution in [0.2, 0.25) is 0 Å². The van der Waals surface area contributed by atoms with Crippen LogP contribution in [0.15, 0.2) is 4.99 Å². The van der Waals surface area contributed by atoms with Gasteiger partial charge in [-0.2, -0.15) is 0 Å². The van der Waals surface area contributed by atoms with Gasteiger partial charge in [0, 0.05) is 26.2 Å². The molecule has 0 aromatic carbocycles. The van der Waals surface area contributed by atoms with Crippen LogP contribution in [0, 0.1) is 5.41 Å². The van der Waals surface area contributed by atoms with E-state index in [9.17, 15) is 5.11 Å². The van der Waals surface area contributed by atoms with Gasteiger partial charge in [-0.25, -0.2) is 0 Å². The lowest BCUT2D eigenvalue weighted by Crippen LogP contribution is -2.40. The van der Waals surface area contributed by atoms with Crippen LogP contribution in [-0.4, -0.2) is 48.2 Å². The Kier molecular flexibility index (Phi) is 5.93. The third kappa shape index (κ3) is 5.71. The molecular formula is C14H29N3O. The van der Waals surface area contributed by atoms with Gasteiger partial charge in [0.15, 0.2) is 5.96 Å². The molecule has 18 heavy (non-hydrogen) atoms. The molecule has 1 atom stereocenters. The molecule has 106 valence electrons. The predicted molar refractivity (Wildman–Crippen MR) is 76.9 cm³/mol. The summed E-state index contributed by atoms with van der Waals surface area (Å²) in [7, 11) is 0. The minimum Gasteiger partial charge on any atom is -0.391 e. The number of aliphatic hydroxyl groups is 1. The van der Waals surface area contributed by atoms with Gasteiger partial charge in [0.05, 0.1) is 6.10 Å². The number of nitrogens with one attached hydrogen (secondary N) is 1. The summed E-state index contributed by atoms with van der Waals surface area (Å²) in [4.78, 5) is 6.81. The fraction of sp³-hybridized carbons (Fsp3) is 0.929. The molecule has 0 saturated carbocycles. The summed E-state index contributed by atoms with van der Waals surface area (Å²) in [5, 5.41) is 12.9. The summed E-state index contributed by atoms with van der Waals surface area (Å²) in [6.07, 6.45) is 2.98. The summed E-state index contributed by atoms with van der Waals surface area (Å²) in [5.41, 5.74) is 0.387. The van der Waals surface area contributed by atoms with E-state index in [4.69, 9.17) is 0 Å². The number of guanidine groups is 1. The number of likely N-dealkylation sites (tertiary alicyclic amines) is 1. The highest BCUT2D eigenvalue weighted by atomic mass is 16.3. The number of rotatable bonds is 4. The van der Waals surface area contributed by atoms with E-state index in [0.717, 1.165) is 38.4 Å². The highest BCUT2D eigenvalue weighted by Crippen LogP contribution is 2.20. The molecule has 1 rings (SSSR count). The lowest BCUT2D eigenvalue weighted by molar-refractivity contribution is 0.188. The molecule has 0 unspecified atom stereocenters. The van der Waals surface area contributed by atoms with Crippen LogP contribution in [0.5, 0.6) is 0 Å². The predicted octanol–water partition coefficient (Wildman–Crippen LogP) is 1.84. The zero-order valence-electron chi connectivity index (χ0n) is 12.4. The molecule has 0 bridgehead atoms. The number of β-amino-alcohol motifs (C(OH)–C–C–N with tert-alkyl or cyclic N) is 1. The average molecular weight is 255 g/mol. The van der Waals surface area contributed by atoms with Crippen LogP contribution in [0.4, 0.5) is 0 Å². The van der Waals surface area contributed by atoms with Gasteiger partial charge >= 0.3 is 0 Å². The first-order valence-corrected chi connectivity index (χ1v) is 7.13. The molecule has 0 aliphatic carbocycles. The fourth-order valence-corrected chi connectivity index (χ4v) is 2.15. The number of hydrogen-bond acceptors (Lipinski definition) is 2. The number of aliphatic hydroxyl groups excluding tert-OH is 1. The van der Waals surface area contributed by atoms with E-state index in [1.807, 2.05) is 0 Å². The minimum absolute atomic E-state index is 0.191. The topological polar surface area (TPSA) is 47.9 Å². The van der Waals surface area contributed by atoms with Gasteiger partial charge in [0.2, 0.25) is 0 Å². The standard InChI is InChI=1S/C14H29N3O/c1-5-15-13(17-10-7-12(18)11-17)16-9-6-8-14(2,3)4/h12,18H,5-11H2,1-4H3,(H,15,16)/t12-/m1/s1. The Labute approximate surface area is 111 Å². The smallest absolute Gasteiger partial charge is 0.194 e. The van der Waals surface area contributed by atoms with Crippen molar-refractivity contribution < 1.29 is 5.11 Å². The summed E-state index contributed by atoms with van der Waals surface area (Å²) >= 11 is 0. The van der Waals surface area contributed by atoms with Gasteiger partial charge in [-0.15, -0.1) is 0 Å². The van der Waals surface area contributed by atoms with E-state index in [2.05, 4.69) is 42.9 Å². The summed E-state index contributed by atoms with van der Waals surface area (Å²) in [6.45, 7) is 12.2. The molecule has 4 heteroatoms. The average Bonchev–Trinajstić information content (AvgIpc) is 2.68. The molecule has 1 aliphatic heterocycles. The first-order valence-electron chi connectivity index (χ1n) is 7.13. The quantitative estimate of drug-likeness (QED) is 0.458. The zero-order chi connectivity index (χ0) is 13.6. The van der Waals surface area contributed by atoms with Crippen molar-refractivity contribution in [3.8, 4) is 0 Å². The third-order valence-electron chi connectivity index (χ3n) is 3.14. The first kappa shape index (κ1) is 15.3. The summed E-state index contributed by atoms with van der Waals surface area (Å²) in [6, 6.07) is 0. The molecule has 0 aromatic heterocycles. The van der Waals surface area contributed by atoms with Crippen LogP contribution in [0.25, 0.3) is 0 Å². The van der Waals surface area contributed by atoms with Crippen LogP contribution >= 0.6 is 0 Å². The number of nitrogens with zero attached hydrogens (tertiary/aromatic N) is 2. The van der Waals surface area contributed by atoms with E-state index in [0.29, 0.717) is 12.0 Å². The molecule has 2 N–H and O–H groups in total. The Morgan fingerprint density at radius 1 is 1.44 bits per heavy atom. The number of hydrogen-bond donors (Lipinski definition) is 2. The molecule has 0 amide bonds. The Morgan fingerprint density at radius 3 is 2.67 bits per heavy atom. The van der Waals surface area contributed by atoms with E-state index in [-0.39, 0.29) is 6.10 Å². The third-order valence-corrected chi connectivity index (χ3v) is 3.14. The molecule has 1 saturated heterocycles. The van der Waals surface area contributed by atoms with E-state index in [1.54, 1.807) is 0 Å². The van der Waals surface area contributed by atoms with Crippen LogP contribution in [-0.2, 0) is 0 Å². The molecular weight excluding hydrogens is 226 g/mol. The maximum Gasteiger partial charge on any atom is 0.194 e. The second-order valence-electron chi connectivity index (χ2n) is 6.29. The van der Waals surface area contributed by atoms with Crippen molar-refractivity contribution in [3.63, 3.8) is 0 Å². The maximum absolute atomic E-state index is 9.57. The van der Waals surface area contributed by atoms with Crippen molar-refractivity contribution in [1.29, 1.82) is 0 Å². The van der Waals surface area contributed by atoms with Gasteiger partial charge in [0.25, 0.3) is 0 Å². The van der Waals surface area contributed by atoms with Crippen molar-refractivity contribution in [2.75, 3.05) is 26.2 Å². The molecule has 0 aromatic rings. The molecule has 0 radical (unpaired) electrons. The Morgan fingerprint density at radius 2 is 2.17 bits per heavy atom. The van der Waals surface area contributed by atoms with Crippen molar-refractivity contribution >= 4 is 5.96 Å². The van der Waals surface area contributed by atoms with Crippen molar-refractivity contribution in [1.82, 2.24) is 10.2 Å². The summed E-state index contributed by atoms with van der Waals surface area (Å²) in [5.74, 6) is 0.961. The second kappa shape index (κ2) is 6.98. The maximum atomic E-state index is 9.57. The van der Waals surface area contributed by atoms with Crippen molar-refractivity contribution in [3.05, 3.63) is 0 Å². The normalized spacial score (nSPS) is 21.5. The Balaban J connectivity index is 2.41. The number of aliphatic imine (C=N–C) groups is 1. The highest BCUT2D eigenvalue weighted by Gasteiger charge is 2.22. The monoisotopic (exact) mass is 255 g/mol. The van der Waals surface area contributed by atoms with Crippen molar-refractivity contribution in [2.45, 2.75) is 53.1 Å². The molecule has 0 spiro atoms. The van der Waals surface area contributed by atoms with Gasteiger partial charge in [0.1, 0.15) is 0 Å². The molecule has 1 aliphatic rings. The van der Waals surface area contributed by atoms with Gasteiger partial charge in [-0.1, -0.05) is 20.8 Å². The lowest BCUT2D eigenvalue weighted by atomic mass is 9.91. The zero-order valence-corrected chi connectivity index (χ0v) is 12.4. The lowest BCUT2D eigenvalue weighted by Gasteiger charge is -2.21.